The Morgan fingerprint density at radius 1 is 1.06 bits per heavy atom. The number of hydrogen-bond acceptors (Lipinski definition) is 5. The first-order valence-corrected chi connectivity index (χ1v) is 11.5. The summed E-state index contributed by atoms with van der Waals surface area (Å²) in [4.78, 5) is 6.54. The Hall–Kier alpha value is -3.43. The van der Waals surface area contributed by atoms with Crippen molar-refractivity contribution in [1.82, 2.24) is 19.6 Å². The highest BCUT2D eigenvalue weighted by Crippen LogP contribution is 2.44. The maximum atomic E-state index is 15.2. The number of alkyl halides is 3. The number of ether oxygens (including phenoxy) is 1. The lowest BCUT2D eigenvalue weighted by Crippen LogP contribution is -2.32. The van der Waals surface area contributed by atoms with Crippen LogP contribution < -0.4 is 9.64 Å². The molecular formula is C25H25F4N5O. The van der Waals surface area contributed by atoms with Crippen LogP contribution in [0.25, 0.3) is 16.7 Å². The first kappa shape index (κ1) is 23.3. The molecule has 1 aliphatic heterocycles. The van der Waals surface area contributed by atoms with Gasteiger partial charge in [0.2, 0.25) is 0 Å². The Kier molecular flexibility index (Phi) is 5.56. The summed E-state index contributed by atoms with van der Waals surface area (Å²) in [5, 5.41) is 8.56. The molecule has 35 heavy (non-hydrogen) atoms. The van der Waals surface area contributed by atoms with Crippen molar-refractivity contribution in [3.8, 4) is 5.75 Å². The van der Waals surface area contributed by atoms with Gasteiger partial charge < -0.3 is 9.64 Å². The molecule has 0 saturated carbocycles. The van der Waals surface area contributed by atoms with Crippen molar-refractivity contribution in [3.63, 3.8) is 0 Å². The monoisotopic (exact) mass is 487 g/mol. The van der Waals surface area contributed by atoms with E-state index in [0.29, 0.717) is 64.9 Å². The van der Waals surface area contributed by atoms with Crippen molar-refractivity contribution in [2.75, 3.05) is 18.1 Å². The first-order valence-electron chi connectivity index (χ1n) is 11.5. The zero-order valence-electron chi connectivity index (χ0n) is 19.7. The van der Waals surface area contributed by atoms with Crippen molar-refractivity contribution in [2.24, 2.45) is 5.41 Å². The highest BCUT2D eigenvalue weighted by molar-refractivity contribution is 5.94. The first-order chi connectivity index (χ1) is 16.6. The summed E-state index contributed by atoms with van der Waals surface area (Å²) in [5.41, 5.74) is 0.0677. The minimum atomic E-state index is -4.31. The maximum Gasteiger partial charge on any atom is 0.393 e. The van der Waals surface area contributed by atoms with E-state index in [2.05, 4.69) is 15.2 Å². The lowest BCUT2D eigenvalue weighted by atomic mass is 9.85. The summed E-state index contributed by atoms with van der Waals surface area (Å²) in [6.07, 6.45) is -3.58. The Labute approximate surface area is 199 Å². The van der Waals surface area contributed by atoms with Gasteiger partial charge >= 0.3 is 6.18 Å². The van der Waals surface area contributed by atoms with Gasteiger partial charge in [0.1, 0.15) is 23.2 Å². The zero-order chi connectivity index (χ0) is 25.0. The van der Waals surface area contributed by atoms with E-state index in [-0.39, 0.29) is 12.8 Å². The molecule has 1 aliphatic rings. The standard InChI is InChI=1S/C25H25F4N5O/c1-15-31-32-23-30-22(20-17(26)8-5-9-18(20)34(15)23)33-13-6-14-35-21-16(7-4-10-19(21)33)11-12-24(2,3)25(27,28)29/h4-5,7-10H,6,11-14H2,1-3H3. The van der Waals surface area contributed by atoms with Gasteiger partial charge in [-0.2, -0.15) is 18.2 Å². The quantitative estimate of drug-likeness (QED) is 0.323. The second kappa shape index (κ2) is 8.35. The molecular weight excluding hydrogens is 462 g/mol. The van der Waals surface area contributed by atoms with Crippen LogP contribution in [0.4, 0.5) is 29.1 Å². The molecule has 6 nitrogen and oxygen atoms in total. The van der Waals surface area contributed by atoms with Gasteiger partial charge in [-0.05, 0) is 49.9 Å². The minimum absolute atomic E-state index is 0.0862. The van der Waals surface area contributed by atoms with E-state index in [1.54, 1.807) is 35.6 Å². The Bertz CT molecular complexity index is 1410. The van der Waals surface area contributed by atoms with Crippen LogP contribution in [0.15, 0.2) is 36.4 Å². The summed E-state index contributed by atoms with van der Waals surface area (Å²) in [6.45, 7) is 5.06. The average molecular weight is 488 g/mol. The molecule has 0 saturated heterocycles. The third kappa shape index (κ3) is 3.94. The largest absolute Gasteiger partial charge is 0.491 e. The normalized spacial score (nSPS) is 14.8. The van der Waals surface area contributed by atoms with Crippen molar-refractivity contribution in [3.05, 3.63) is 53.6 Å². The number of halogens is 4. The Balaban J connectivity index is 1.64. The molecule has 0 N–H and O–H groups in total. The number of fused-ring (bicyclic) bond motifs is 4. The van der Waals surface area contributed by atoms with Crippen LogP contribution in [0, 0.1) is 18.2 Å². The third-order valence-corrected chi connectivity index (χ3v) is 6.65. The van der Waals surface area contributed by atoms with E-state index in [1.165, 1.54) is 19.9 Å². The predicted molar refractivity (Wildman–Crippen MR) is 125 cm³/mol. The number of rotatable bonds is 4. The smallest absolute Gasteiger partial charge is 0.393 e. The summed E-state index contributed by atoms with van der Waals surface area (Å²) in [5.74, 6) is 1.37. The number of nitrogens with zero attached hydrogens (tertiary/aromatic N) is 5. The molecule has 2 aromatic heterocycles. The fourth-order valence-corrected chi connectivity index (χ4v) is 4.45. The number of aryl methyl sites for hydroxylation is 2. The minimum Gasteiger partial charge on any atom is -0.491 e. The molecule has 0 bridgehead atoms. The molecule has 3 heterocycles. The third-order valence-electron chi connectivity index (χ3n) is 6.65. The molecule has 0 atom stereocenters. The number of aromatic nitrogens is 4. The van der Waals surface area contributed by atoms with Gasteiger partial charge in [0.05, 0.1) is 28.6 Å². The molecule has 5 rings (SSSR count). The maximum absolute atomic E-state index is 15.2. The van der Waals surface area contributed by atoms with E-state index < -0.39 is 17.4 Å². The van der Waals surface area contributed by atoms with E-state index in [1.807, 2.05) is 11.0 Å². The van der Waals surface area contributed by atoms with Crippen LogP contribution in [-0.2, 0) is 6.42 Å². The number of hydrogen-bond donors (Lipinski definition) is 0. The Morgan fingerprint density at radius 2 is 1.83 bits per heavy atom. The topological polar surface area (TPSA) is 55.5 Å². The Morgan fingerprint density at radius 3 is 2.60 bits per heavy atom. The SMILES string of the molecule is Cc1nnc2nc(N3CCCOc4c(CCC(C)(C)C(F)(F)F)cccc43)c3c(F)cccc3n12. The van der Waals surface area contributed by atoms with Gasteiger partial charge in [-0.1, -0.05) is 32.0 Å². The van der Waals surface area contributed by atoms with Crippen LogP contribution in [-0.4, -0.2) is 38.9 Å². The van der Waals surface area contributed by atoms with Crippen molar-refractivity contribution >= 4 is 28.2 Å². The van der Waals surface area contributed by atoms with Crippen LogP contribution in [0.5, 0.6) is 5.75 Å². The van der Waals surface area contributed by atoms with Gasteiger partial charge in [0.15, 0.2) is 0 Å². The van der Waals surface area contributed by atoms with Crippen molar-refractivity contribution < 1.29 is 22.3 Å². The van der Waals surface area contributed by atoms with Crippen LogP contribution in [0.2, 0.25) is 0 Å². The molecule has 4 aromatic rings. The summed E-state index contributed by atoms with van der Waals surface area (Å²) in [7, 11) is 0. The van der Waals surface area contributed by atoms with E-state index in [9.17, 15) is 13.2 Å². The number of anilines is 2. The number of para-hydroxylation sites is 1. The number of benzene rings is 2. The van der Waals surface area contributed by atoms with Crippen LogP contribution in [0.1, 0.15) is 38.1 Å². The van der Waals surface area contributed by atoms with Gasteiger partial charge in [-0.25, -0.2) is 4.39 Å². The summed E-state index contributed by atoms with van der Waals surface area (Å²) < 4.78 is 63.3. The molecule has 0 amide bonds. The lowest BCUT2D eigenvalue weighted by Gasteiger charge is -2.28. The van der Waals surface area contributed by atoms with Gasteiger partial charge in [-0.3, -0.25) is 4.40 Å². The average Bonchev–Trinajstić information content (AvgIpc) is 3.04. The molecule has 0 fully saturated rings. The van der Waals surface area contributed by atoms with Crippen molar-refractivity contribution in [2.45, 2.75) is 46.2 Å². The molecule has 0 spiro atoms. The van der Waals surface area contributed by atoms with Gasteiger partial charge in [-0.15, -0.1) is 10.2 Å². The van der Waals surface area contributed by atoms with Crippen LogP contribution >= 0.6 is 0 Å². The zero-order valence-corrected chi connectivity index (χ0v) is 19.7. The molecule has 0 aliphatic carbocycles. The van der Waals surface area contributed by atoms with E-state index in [0.717, 1.165) is 0 Å². The highest BCUT2D eigenvalue weighted by Gasteiger charge is 2.46. The van der Waals surface area contributed by atoms with Crippen LogP contribution in [0.3, 0.4) is 0 Å². The molecule has 184 valence electrons. The second-order valence-corrected chi connectivity index (χ2v) is 9.45. The molecule has 10 heteroatoms. The molecule has 0 unspecified atom stereocenters. The second-order valence-electron chi connectivity index (χ2n) is 9.45. The predicted octanol–water partition coefficient (Wildman–Crippen LogP) is 6.17. The lowest BCUT2D eigenvalue weighted by molar-refractivity contribution is -0.213. The molecule has 2 aromatic carbocycles. The van der Waals surface area contributed by atoms with Gasteiger partial charge in [0.25, 0.3) is 5.78 Å². The van der Waals surface area contributed by atoms with Gasteiger partial charge in [0, 0.05) is 6.54 Å². The van der Waals surface area contributed by atoms with E-state index >= 15 is 4.39 Å². The molecule has 0 radical (unpaired) electrons. The fraction of sp³-hybridized carbons (Fsp3) is 0.400. The summed E-state index contributed by atoms with van der Waals surface area (Å²) >= 11 is 0. The highest BCUT2D eigenvalue weighted by atomic mass is 19.4. The van der Waals surface area contributed by atoms with Crippen molar-refractivity contribution in [1.29, 1.82) is 0 Å². The fourth-order valence-electron chi connectivity index (χ4n) is 4.45. The van der Waals surface area contributed by atoms with E-state index in [4.69, 9.17) is 4.74 Å². The summed E-state index contributed by atoms with van der Waals surface area (Å²) in [6, 6.07) is 10.2.